The molecule has 0 radical (unpaired) electrons. The zero-order valence-electron chi connectivity index (χ0n) is 10.9. The van der Waals surface area contributed by atoms with Crippen molar-refractivity contribution in [1.29, 1.82) is 0 Å². The summed E-state index contributed by atoms with van der Waals surface area (Å²) in [5, 5.41) is 12.3. The van der Waals surface area contributed by atoms with Crippen LogP contribution >= 0.6 is 0 Å². The Balaban J connectivity index is 2.12. The van der Waals surface area contributed by atoms with E-state index in [-0.39, 0.29) is 5.75 Å². The van der Waals surface area contributed by atoms with E-state index in [1.807, 2.05) is 25.1 Å². The van der Waals surface area contributed by atoms with E-state index in [1.54, 1.807) is 13.2 Å². The van der Waals surface area contributed by atoms with Crippen LogP contribution in [-0.2, 0) is 6.54 Å². The number of anilines is 1. The quantitative estimate of drug-likeness (QED) is 0.885. The number of aromatic hydroxyl groups is 1. The fourth-order valence-corrected chi connectivity index (χ4v) is 1.80. The number of aryl methyl sites for hydroxylation is 1. The number of ether oxygens (including phenoxy) is 1. The fourth-order valence-electron chi connectivity index (χ4n) is 1.80. The first-order valence-electron chi connectivity index (χ1n) is 5.96. The third-order valence-corrected chi connectivity index (χ3v) is 2.85. The van der Waals surface area contributed by atoms with E-state index >= 15 is 0 Å². The van der Waals surface area contributed by atoms with Crippen molar-refractivity contribution in [3.63, 3.8) is 0 Å². The number of benzene rings is 2. The minimum absolute atomic E-state index is 0.336. The molecule has 4 heteroatoms. The highest BCUT2D eigenvalue weighted by Crippen LogP contribution is 2.26. The highest BCUT2D eigenvalue weighted by molar-refractivity contribution is 5.57. The SMILES string of the molecule is COc1cc(C)ccc1NCc1ccc(O)c(F)c1. The Morgan fingerprint density at radius 1 is 1.21 bits per heavy atom. The molecule has 19 heavy (non-hydrogen) atoms. The number of hydrogen-bond donors (Lipinski definition) is 2. The predicted molar refractivity (Wildman–Crippen MR) is 73.1 cm³/mol. The molecular formula is C15H16FNO2. The molecule has 0 aliphatic heterocycles. The molecular weight excluding hydrogens is 245 g/mol. The van der Waals surface area contributed by atoms with Crippen molar-refractivity contribution in [2.75, 3.05) is 12.4 Å². The van der Waals surface area contributed by atoms with Gasteiger partial charge in [-0.2, -0.15) is 0 Å². The lowest BCUT2D eigenvalue weighted by Crippen LogP contribution is -2.02. The number of rotatable bonds is 4. The van der Waals surface area contributed by atoms with E-state index in [0.717, 1.165) is 22.6 Å². The van der Waals surface area contributed by atoms with E-state index in [9.17, 15) is 4.39 Å². The molecule has 0 heterocycles. The Morgan fingerprint density at radius 3 is 2.68 bits per heavy atom. The Labute approximate surface area is 111 Å². The summed E-state index contributed by atoms with van der Waals surface area (Å²) >= 11 is 0. The lowest BCUT2D eigenvalue weighted by atomic mass is 10.2. The molecule has 2 aromatic rings. The second-order valence-corrected chi connectivity index (χ2v) is 4.34. The number of nitrogens with one attached hydrogen (secondary N) is 1. The van der Waals surface area contributed by atoms with Gasteiger partial charge in [0.05, 0.1) is 12.8 Å². The zero-order chi connectivity index (χ0) is 13.8. The third-order valence-electron chi connectivity index (χ3n) is 2.85. The second kappa shape index (κ2) is 5.61. The van der Waals surface area contributed by atoms with Crippen molar-refractivity contribution < 1.29 is 14.2 Å². The van der Waals surface area contributed by atoms with Crippen LogP contribution in [0.3, 0.4) is 0 Å². The molecule has 0 aliphatic carbocycles. The molecule has 0 spiro atoms. The van der Waals surface area contributed by atoms with Gasteiger partial charge >= 0.3 is 0 Å². The van der Waals surface area contributed by atoms with Crippen LogP contribution in [0.4, 0.5) is 10.1 Å². The van der Waals surface area contributed by atoms with Gasteiger partial charge in [-0.05, 0) is 42.3 Å². The first-order chi connectivity index (χ1) is 9.10. The minimum atomic E-state index is -0.616. The molecule has 0 saturated heterocycles. The van der Waals surface area contributed by atoms with Crippen molar-refractivity contribution in [3.8, 4) is 11.5 Å². The molecule has 100 valence electrons. The Kier molecular flexibility index (Phi) is 3.90. The van der Waals surface area contributed by atoms with Gasteiger partial charge in [0.15, 0.2) is 11.6 Å². The maximum Gasteiger partial charge on any atom is 0.165 e. The topological polar surface area (TPSA) is 41.5 Å². The van der Waals surface area contributed by atoms with Crippen LogP contribution in [-0.4, -0.2) is 12.2 Å². The number of hydrogen-bond acceptors (Lipinski definition) is 3. The monoisotopic (exact) mass is 261 g/mol. The summed E-state index contributed by atoms with van der Waals surface area (Å²) in [5.41, 5.74) is 2.71. The molecule has 0 unspecified atom stereocenters. The Morgan fingerprint density at radius 2 is 2.00 bits per heavy atom. The van der Waals surface area contributed by atoms with E-state index < -0.39 is 5.82 Å². The van der Waals surface area contributed by atoms with Crippen molar-refractivity contribution >= 4 is 5.69 Å². The van der Waals surface area contributed by atoms with Crippen molar-refractivity contribution in [3.05, 3.63) is 53.3 Å². The maximum absolute atomic E-state index is 13.2. The number of phenols is 1. The van der Waals surface area contributed by atoms with Gasteiger partial charge in [0, 0.05) is 6.54 Å². The fraction of sp³-hybridized carbons (Fsp3) is 0.200. The van der Waals surface area contributed by atoms with Crippen LogP contribution in [0, 0.1) is 12.7 Å². The van der Waals surface area contributed by atoms with Gasteiger partial charge in [0.2, 0.25) is 0 Å². The average molecular weight is 261 g/mol. The lowest BCUT2D eigenvalue weighted by Gasteiger charge is -2.12. The summed E-state index contributed by atoms with van der Waals surface area (Å²) in [5.74, 6) is -0.203. The van der Waals surface area contributed by atoms with Crippen LogP contribution < -0.4 is 10.1 Å². The normalized spacial score (nSPS) is 10.3. The molecule has 0 bridgehead atoms. The Hall–Kier alpha value is -2.23. The first-order valence-corrected chi connectivity index (χ1v) is 5.96. The molecule has 2 N–H and O–H groups in total. The Bertz CT molecular complexity index is 584. The summed E-state index contributed by atoms with van der Waals surface area (Å²) < 4.78 is 18.5. The van der Waals surface area contributed by atoms with Crippen LogP contribution in [0.1, 0.15) is 11.1 Å². The van der Waals surface area contributed by atoms with Crippen molar-refractivity contribution in [1.82, 2.24) is 0 Å². The largest absolute Gasteiger partial charge is 0.505 e. The molecule has 0 aromatic heterocycles. The molecule has 0 aliphatic rings. The standard InChI is InChI=1S/C15H16FNO2/c1-10-3-5-13(15(7-10)19-2)17-9-11-4-6-14(18)12(16)8-11/h3-8,17-18H,9H2,1-2H3. The van der Waals surface area contributed by atoms with Crippen LogP contribution in [0.25, 0.3) is 0 Å². The second-order valence-electron chi connectivity index (χ2n) is 4.34. The highest BCUT2D eigenvalue weighted by atomic mass is 19.1. The first kappa shape index (κ1) is 13.2. The van der Waals surface area contributed by atoms with Crippen LogP contribution in [0.5, 0.6) is 11.5 Å². The predicted octanol–water partition coefficient (Wildman–Crippen LogP) is 3.46. The molecule has 2 aromatic carbocycles. The molecule has 2 rings (SSSR count). The summed E-state index contributed by atoms with van der Waals surface area (Å²) in [7, 11) is 1.61. The molecule has 0 fully saturated rings. The van der Waals surface area contributed by atoms with E-state index in [4.69, 9.17) is 9.84 Å². The van der Waals surface area contributed by atoms with E-state index in [0.29, 0.717) is 6.54 Å². The van der Waals surface area contributed by atoms with Crippen molar-refractivity contribution in [2.45, 2.75) is 13.5 Å². The van der Waals surface area contributed by atoms with Gasteiger partial charge in [-0.15, -0.1) is 0 Å². The summed E-state index contributed by atoms with van der Waals surface area (Å²) in [4.78, 5) is 0. The van der Waals surface area contributed by atoms with Crippen molar-refractivity contribution in [2.24, 2.45) is 0 Å². The number of phenolic OH excluding ortho intramolecular Hbond substituents is 1. The molecule has 0 atom stereocenters. The lowest BCUT2D eigenvalue weighted by molar-refractivity contribution is 0.416. The van der Waals surface area contributed by atoms with Crippen LogP contribution in [0.15, 0.2) is 36.4 Å². The smallest absolute Gasteiger partial charge is 0.165 e. The average Bonchev–Trinajstić information content (AvgIpc) is 2.41. The number of halogens is 1. The van der Waals surface area contributed by atoms with Gasteiger partial charge in [-0.1, -0.05) is 12.1 Å². The summed E-state index contributed by atoms with van der Waals surface area (Å²) in [6.07, 6.45) is 0. The van der Waals surface area contributed by atoms with Gasteiger partial charge in [-0.25, -0.2) is 4.39 Å². The number of methoxy groups -OCH3 is 1. The maximum atomic E-state index is 13.2. The molecule has 0 saturated carbocycles. The van der Waals surface area contributed by atoms with Gasteiger partial charge in [0.25, 0.3) is 0 Å². The minimum Gasteiger partial charge on any atom is -0.505 e. The summed E-state index contributed by atoms with van der Waals surface area (Å²) in [6, 6.07) is 10.2. The van der Waals surface area contributed by atoms with E-state index in [2.05, 4.69) is 5.32 Å². The van der Waals surface area contributed by atoms with Gasteiger partial charge in [-0.3, -0.25) is 0 Å². The highest BCUT2D eigenvalue weighted by Gasteiger charge is 2.05. The van der Waals surface area contributed by atoms with Crippen LogP contribution in [0.2, 0.25) is 0 Å². The third kappa shape index (κ3) is 3.16. The zero-order valence-corrected chi connectivity index (χ0v) is 10.9. The molecule has 3 nitrogen and oxygen atoms in total. The van der Waals surface area contributed by atoms with E-state index in [1.165, 1.54) is 12.1 Å². The van der Waals surface area contributed by atoms with Gasteiger partial charge < -0.3 is 15.2 Å². The van der Waals surface area contributed by atoms with Gasteiger partial charge in [0.1, 0.15) is 5.75 Å². The summed E-state index contributed by atoms with van der Waals surface area (Å²) in [6.45, 7) is 2.44. The molecule has 0 amide bonds.